The second-order valence-corrected chi connectivity index (χ2v) is 6.79. The lowest BCUT2D eigenvalue weighted by molar-refractivity contribution is 0.101. The quantitative estimate of drug-likeness (QED) is 0.265. The number of rotatable bonds is 6. The highest BCUT2D eigenvalue weighted by Gasteiger charge is 2.18. The SMILES string of the molecule is C=CCB(O)O.[C-]#[N+]c1ccc(C(C)(N)CC=C)cc1.[C-]#[N+]c1ccc(C(C)=O)cc1. The van der Waals surface area contributed by atoms with Gasteiger partial charge in [0.15, 0.2) is 17.2 Å². The molecule has 7 heteroatoms. The Balaban J connectivity index is 0.000000472. The lowest BCUT2D eigenvalue weighted by Gasteiger charge is -2.23. The Morgan fingerprint density at radius 3 is 1.77 bits per heavy atom. The Kier molecular flexibility index (Phi) is 12.9. The first-order valence-electron chi connectivity index (χ1n) is 9.44. The van der Waals surface area contributed by atoms with Crippen LogP contribution in [-0.2, 0) is 5.54 Å². The largest absolute Gasteiger partial charge is 0.455 e. The summed E-state index contributed by atoms with van der Waals surface area (Å²) in [6.45, 7) is 23.9. The number of Topliss-reactive ketones (excluding diaryl/α,β-unsaturated/α-hetero) is 1. The first kappa shape index (κ1) is 27.5. The third kappa shape index (κ3) is 11.3. The van der Waals surface area contributed by atoms with Gasteiger partial charge in [0.2, 0.25) is 0 Å². The van der Waals surface area contributed by atoms with Crippen molar-refractivity contribution in [3.8, 4) is 0 Å². The highest BCUT2D eigenvalue weighted by Crippen LogP contribution is 2.24. The molecule has 0 spiro atoms. The van der Waals surface area contributed by atoms with E-state index in [-0.39, 0.29) is 17.6 Å². The zero-order valence-corrected chi connectivity index (χ0v) is 18.0. The highest BCUT2D eigenvalue weighted by molar-refractivity contribution is 6.41. The Labute approximate surface area is 185 Å². The minimum Gasteiger partial charge on any atom is -0.427 e. The molecule has 31 heavy (non-hydrogen) atoms. The van der Waals surface area contributed by atoms with Gasteiger partial charge in [-0.15, -0.1) is 13.2 Å². The molecular weight excluding hydrogens is 389 g/mol. The van der Waals surface area contributed by atoms with Crippen LogP contribution in [0.4, 0.5) is 11.4 Å². The second-order valence-electron chi connectivity index (χ2n) is 6.79. The van der Waals surface area contributed by atoms with Gasteiger partial charge in [-0.3, -0.25) is 4.79 Å². The summed E-state index contributed by atoms with van der Waals surface area (Å²) in [4.78, 5) is 17.3. The second kappa shape index (κ2) is 14.5. The van der Waals surface area contributed by atoms with E-state index < -0.39 is 7.12 Å². The molecule has 0 aliphatic rings. The summed E-state index contributed by atoms with van der Waals surface area (Å²) in [6.07, 6.45) is 4.23. The van der Waals surface area contributed by atoms with E-state index in [1.165, 1.54) is 13.0 Å². The minimum atomic E-state index is -1.22. The van der Waals surface area contributed by atoms with E-state index in [0.717, 1.165) is 12.0 Å². The van der Waals surface area contributed by atoms with Crippen LogP contribution in [0.5, 0.6) is 0 Å². The smallest absolute Gasteiger partial charge is 0.427 e. The molecule has 2 aromatic carbocycles. The molecule has 0 aliphatic heterocycles. The molecule has 160 valence electrons. The molecule has 0 fully saturated rings. The van der Waals surface area contributed by atoms with E-state index in [9.17, 15) is 4.79 Å². The number of nitrogens with zero attached hydrogens (tertiary/aromatic N) is 2. The van der Waals surface area contributed by atoms with Crippen LogP contribution in [0.15, 0.2) is 73.8 Å². The van der Waals surface area contributed by atoms with Crippen LogP contribution in [-0.4, -0.2) is 22.9 Å². The van der Waals surface area contributed by atoms with E-state index in [0.29, 0.717) is 16.9 Å². The molecule has 1 atom stereocenters. The van der Waals surface area contributed by atoms with Crippen molar-refractivity contribution in [3.05, 3.63) is 108 Å². The molecule has 0 saturated carbocycles. The third-order valence-electron chi connectivity index (χ3n) is 4.00. The zero-order valence-electron chi connectivity index (χ0n) is 18.0. The third-order valence-corrected chi connectivity index (χ3v) is 4.00. The Morgan fingerprint density at radius 2 is 1.48 bits per heavy atom. The molecule has 2 aromatic rings. The van der Waals surface area contributed by atoms with Crippen LogP contribution in [0, 0.1) is 13.1 Å². The van der Waals surface area contributed by atoms with Gasteiger partial charge in [-0.25, -0.2) is 9.69 Å². The van der Waals surface area contributed by atoms with E-state index >= 15 is 0 Å². The van der Waals surface area contributed by atoms with Crippen LogP contribution >= 0.6 is 0 Å². The molecule has 0 radical (unpaired) electrons. The minimum absolute atomic E-state index is 0.0292. The van der Waals surface area contributed by atoms with Gasteiger partial charge in [0.05, 0.1) is 13.1 Å². The van der Waals surface area contributed by atoms with Crippen LogP contribution in [0.2, 0.25) is 6.32 Å². The molecule has 0 saturated heterocycles. The Hall–Kier alpha value is -3.49. The molecule has 1 unspecified atom stereocenters. The number of ketones is 1. The number of benzene rings is 2. The highest BCUT2D eigenvalue weighted by atomic mass is 16.4. The molecule has 4 N–H and O–H groups in total. The number of allylic oxidation sites excluding steroid dienone is 1. The molecule has 0 aliphatic carbocycles. The standard InChI is InChI=1S/C12H14N2.C9H7NO.C3H7BO2/c1-4-9-12(2,13)10-5-7-11(14-3)8-6-10;1-7(11)8-3-5-9(10-2)6-4-8;1-2-3-4(5)6/h4-8H,1,9,13H2,2H3;3-6H,1H3;2,5-6H,1,3H2. The fourth-order valence-corrected chi connectivity index (χ4v) is 2.25. The summed E-state index contributed by atoms with van der Waals surface area (Å²) in [5.41, 5.74) is 8.59. The van der Waals surface area contributed by atoms with Crippen molar-refractivity contribution in [2.45, 2.75) is 32.1 Å². The van der Waals surface area contributed by atoms with Crippen LogP contribution in [0.1, 0.15) is 36.2 Å². The summed E-state index contributed by atoms with van der Waals surface area (Å²) >= 11 is 0. The molecule has 2 rings (SSSR count). The Morgan fingerprint density at radius 1 is 1.03 bits per heavy atom. The summed E-state index contributed by atoms with van der Waals surface area (Å²) in [5, 5.41) is 16.1. The fraction of sp³-hybridized carbons (Fsp3) is 0.208. The Bertz CT molecular complexity index is 923. The van der Waals surface area contributed by atoms with E-state index in [1.54, 1.807) is 36.4 Å². The number of carbonyl (C=O) groups excluding carboxylic acids is 1. The number of nitrogens with two attached hydrogens (primary N) is 1. The maximum atomic E-state index is 10.8. The van der Waals surface area contributed by atoms with Crippen molar-refractivity contribution in [2.75, 3.05) is 0 Å². The molecule has 0 heterocycles. The van der Waals surface area contributed by atoms with Crippen LogP contribution in [0.3, 0.4) is 0 Å². The molecule has 0 aromatic heterocycles. The van der Waals surface area contributed by atoms with Crippen molar-refractivity contribution in [2.24, 2.45) is 5.73 Å². The monoisotopic (exact) mass is 417 g/mol. The fourth-order valence-electron chi connectivity index (χ4n) is 2.25. The average Bonchev–Trinajstić information content (AvgIpc) is 2.74. The maximum Gasteiger partial charge on any atom is 0.455 e. The van der Waals surface area contributed by atoms with E-state index in [1.807, 2.05) is 25.1 Å². The molecule has 0 bridgehead atoms. The molecule has 0 amide bonds. The lowest BCUT2D eigenvalue weighted by atomic mass is 9.87. The van der Waals surface area contributed by atoms with Crippen molar-refractivity contribution in [1.82, 2.24) is 0 Å². The number of hydrogen-bond donors (Lipinski definition) is 3. The number of carbonyl (C=O) groups is 1. The van der Waals surface area contributed by atoms with E-state index in [2.05, 4.69) is 22.8 Å². The van der Waals surface area contributed by atoms with Crippen molar-refractivity contribution >= 4 is 24.3 Å². The van der Waals surface area contributed by atoms with Gasteiger partial charge in [0.25, 0.3) is 0 Å². The van der Waals surface area contributed by atoms with Crippen LogP contribution in [0.25, 0.3) is 9.69 Å². The summed E-state index contributed by atoms with van der Waals surface area (Å²) in [7, 11) is -1.22. The van der Waals surface area contributed by atoms with Crippen LogP contribution < -0.4 is 5.73 Å². The molecular formula is C24H28BN3O3. The van der Waals surface area contributed by atoms with Gasteiger partial charge >= 0.3 is 7.12 Å². The van der Waals surface area contributed by atoms with Gasteiger partial charge in [0.1, 0.15) is 0 Å². The van der Waals surface area contributed by atoms with Crippen molar-refractivity contribution in [3.63, 3.8) is 0 Å². The maximum absolute atomic E-state index is 10.8. The average molecular weight is 417 g/mol. The summed E-state index contributed by atoms with van der Waals surface area (Å²) < 4.78 is 0. The number of hydrogen-bond acceptors (Lipinski definition) is 4. The topological polar surface area (TPSA) is 92.3 Å². The van der Waals surface area contributed by atoms with Crippen molar-refractivity contribution < 1.29 is 14.8 Å². The van der Waals surface area contributed by atoms with Gasteiger partial charge in [-0.1, -0.05) is 60.7 Å². The summed E-state index contributed by atoms with van der Waals surface area (Å²) in [6, 6.07) is 14.0. The first-order chi connectivity index (χ1) is 14.6. The predicted molar refractivity (Wildman–Crippen MR) is 127 cm³/mol. The molecule has 6 nitrogen and oxygen atoms in total. The lowest BCUT2D eigenvalue weighted by Crippen LogP contribution is -2.32. The van der Waals surface area contributed by atoms with E-state index in [4.69, 9.17) is 28.9 Å². The predicted octanol–water partition coefficient (Wildman–Crippen LogP) is 5.07. The normalized spacial score (nSPS) is 10.9. The first-order valence-corrected chi connectivity index (χ1v) is 9.44. The van der Waals surface area contributed by atoms with Gasteiger partial charge < -0.3 is 15.8 Å². The van der Waals surface area contributed by atoms with Gasteiger partial charge in [-0.2, -0.15) is 0 Å². The zero-order chi connectivity index (χ0) is 23.9. The summed E-state index contributed by atoms with van der Waals surface area (Å²) in [5.74, 6) is 0.0292. The van der Waals surface area contributed by atoms with Crippen molar-refractivity contribution in [1.29, 1.82) is 0 Å². The van der Waals surface area contributed by atoms with Gasteiger partial charge in [-0.05, 0) is 32.2 Å². The van der Waals surface area contributed by atoms with Gasteiger partial charge in [0, 0.05) is 11.1 Å².